The van der Waals surface area contributed by atoms with Crippen molar-refractivity contribution in [3.8, 4) is 17.1 Å². The van der Waals surface area contributed by atoms with Crippen LogP contribution in [0.3, 0.4) is 0 Å². The second-order valence-corrected chi connectivity index (χ2v) is 13.9. The molecule has 258 valence electrons. The van der Waals surface area contributed by atoms with E-state index in [9.17, 15) is 0 Å². The molecule has 0 radical (unpaired) electrons. The van der Waals surface area contributed by atoms with E-state index >= 15 is 0 Å². The van der Waals surface area contributed by atoms with Gasteiger partial charge in [0.1, 0.15) is 22.3 Å². The average Bonchev–Trinajstić information content (AvgIpc) is 4.02. The van der Waals surface area contributed by atoms with E-state index in [4.69, 9.17) is 18.2 Å². The molecule has 0 saturated heterocycles. The Morgan fingerprint density at radius 1 is 0.455 bits per heavy atom. The normalized spacial score (nSPS) is 12.0. The van der Waals surface area contributed by atoms with Crippen LogP contribution in [0.5, 0.6) is 0 Å². The lowest BCUT2D eigenvalue weighted by Gasteiger charge is -2.28. The van der Waals surface area contributed by atoms with Gasteiger partial charge in [0, 0.05) is 44.2 Å². The second-order valence-electron chi connectivity index (χ2n) is 13.9. The van der Waals surface area contributed by atoms with Crippen LogP contribution in [0.1, 0.15) is 0 Å². The number of anilines is 3. The molecule has 0 bridgehead atoms. The van der Waals surface area contributed by atoms with Crippen molar-refractivity contribution in [2.45, 2.75) is 0 Å². The summed E-state index contributed by atoms with van der Waals surface area (Å²) in [7, 11) is 0. The molecule has 4 aromatic heterocycles. The van der Waals surface area contributed by atoms with Gasteiger partial charge in [-0.1, -0.05) is 115 Å². The Labute approximate surface area is 313 Å². The maximum absolute atomic E-state index is 6.85. The van der Waals surface area contributed by atoms with Gasteiger partial charge in [0.2, 0.25) is 5.89 Å². The van der Waals surface area contributed by atoms with Gasteiger partial charge in [0.15, 0.2) is 11.2 Å². The van der Waals surface area contributed by atoms with Gasteiger partial charge in [-0.15, -0.1) is 0 Å². The van der Waals surface area contributed by atoms with E-state index in [2.05, 4.69) is 125 Å². The fourth-order valence-electron chi connectivity index (χ4n) is 8.47. The Morgan fingerprint density at radius 3 is 1.91 bits per heavy atom. The van der Waals surface area contributed by atoms with Crippen molar-refractivity contribution < 1.29 is 13.3 Å². The molecule has 6 nitrogen and oxygen atoms in total. The molecule has 0 aliphatic carbocycles. The van der Waals surface area contributed by atoms with Crippen molar-refractivity contribution in [1.29, 1.82) is 0 Å². The monoisotopic (exact) mass is 707 g/mol. The molecule has 55 heavy (non-hydrogen) atoms. The number of nitrogens with zero attached hydrogens (tertiary/aromatic N) is 3. The third-order valence-electron chi connectivity index (χ3n) is 10.8. The van der Waals surface area contributed by atoms with E-state index in [-0.39, 0.29) is 0 Å². The average molecular weight is 708 g/mol. The van der Waals surface area contributed by atoms with Crippen molar-refractivity contribution in [1.82, 2.24) is 9.55 Å². The Hall–Kier alpha value is -7.57. The van der Waals surface area contributed by atoms with Crippen LogP contribution in [-0.4, -0.2) is 9.55 Å². The molecule has 0 saturated carbocycles. The van der Waals surface area contributed by atoms with Crippen LogP contribution < -0.4 is 4.90 Å². The highest BCUT2D eigenvalue weighted by Gasteiger charge is 2.30. The summed E-state index contributed by atoms with van der Waals surface area (Å²) >= 11 is 0. The summed E-state index contributed by atoms with van der Waals surface area (Å²) in [5.74, 6) is 0.535. The van der Waals surface area contributed by atoms with Gasteiger partial charge in [-0.05, 0) is 54.6 Å². The molecule has 8 aromatic carbocycles. The maximum Gasteiger partial charge on any atom is 0.227 e. The molecule has 4 heterocycles. The van der Waals surface area contributed by atoms with Crippen LogP contribution in [0.2, 0.25) is 0 Å². The summed E-state index contributed by atoms with van der Waals surface area (Å²) in [6.45, 7) is 0. The van der Waals surface area contributed by atoms with E-state index in [0.717, 1.165) is 88.4 Å². The predicted molar refractivity (Wildman–Crippen MR) is 223 cm³/mol. The molecule has 0 amide bonds. The number of hydrogen-bond acceptors (Lipinski definition) is 5. The number of oxazole rings is 1. The first-order valence-electron chi connectivity index (χ1n) is 18.4. The molecule has 12 rings (SSSR count). The van der Waals surface area contributed by atoms with Crippen LogP contribution in [0.15, 0.2) is 189 Å². The molecular formula is C49H29N3O3. The quantitative estimate of drug-likeness (QED) is 0.178. The van der Waals surface area contributed by atoms with Crippen molar-refractivity contribution in [2.24, 2.45) is 0 Å². The van der Waals surface area contributed by atoms with Crippen molar-refractivity contribution in [3.05, 3.63) is 176 Å². The Morgan fingerprint density at radius 2 is 1.09 bits per heavy atom. The van der Waals surface area contributed by atoms with E-state index in [1.165, 1.54) is 0 Å². The minimum Gasteiger partial charge on any atom is -0.456 e. The number of para-hydroxylation sites is 6. The zero-order chi connectivity index (χ0) is 36.0. The standard InChI is InChI=1S/C49H29N3O3/c1-3-15-30(16-4-1)49-50-45-43(55-49)29-42-44(36-21-9-12-28-41(36)53-42)47(45)52(39-26-14-23-35-33-20-8-11-27-40(33)54-48(35)39)38-25-13-22-34-32-19-7-10-24-37(32)51(46(34)38)31-17-5-2-6-18-31/h1-29H. The zero-order valence-corrected chi connectivity index (χ0v) is 29.3. The van der Waals surface area contributed by atoms with E-state index in [1.54, 1.807) is 0 Å². The summed E-state index contributed by atoms with van der Waals surface area (Å²) in [6.07, 6.45) is 0. The topological polar surface area (TPSA) is 60.5 Å². The number of fused-ring (bicyclic) bond motifs is 10. The summed E-state index contributed by atoms with van der Waals surface area (Å²) in [6, 6.07) is 60.6. The van der Waals surface area contributed by atoms with Crippen LogP contribution >= 0.6 is 0 Å². The highest BCUT2D eigenvalue weighted by molar-refractivity contribution is 6.24. The van der Waals surface area contributed by atoms with Gasteiger partial charge in [-0.3, -0.25) is 0 Å². The highest BCUT2D eigenvalue weighted by atomic mass is 16.4. The van der Waals surface area contributed by atoms with Gasteiger partial charge in [0.25, 0.3) is 0 Å². The molecule has 0 aliphatic heterocycles. The lowest BCUT2D eigenvalue weighted by atomic mass is 10.0. The maximum atomic E-state index is 6.85. The molecule has 12 aromatic rings. The third kappa shape index (κ3) is 4.33. The lowest BCUT2D eigenvalue weighted by Crippen LogP contribution is -2.13. The Kier molecular flexibility index (Phi) is 6.24. The van der Waals surface area contributed by atoms with Crippen molar-refractivity contribution in [2.75, 3.05) is 4.90 Å². The van der Waals surface area contributed by atoms with Gasteiger partial charge < -0.3 is 22.7 Å². The highest BCUT2D eigenvalue weighted by Crippen LogP contribution is 2.52. The SMILES string of the molecule is c1ccc(-c2nc3c(N(c4cccc5c4oc4ccccc45)c4cccc5c6ccccc6n(-c6ccccc6)c45)c4c(cc3o2)oc2ccccc24)cc1. The Bertz CT molecular complexity index is 3440. The first-order valence-corrected chi connectivity index (χ1v) is 18.4. The van der Waals surface area contributed by atoms with Crippen LogP contribution in [0, 0.1) is 0 Å². The molecular weight excluding hydrogens is 679 g/mol. The summed E-state index contributed by atoms with van der Waals surface area (Å²) < 4.78 is 22.5. The number of benzene rings is 8. The summed E-state index contributed by atoms with van der Waals surface area (Å²) in [5, 5.41) is 6.29. The van der Waals surface area contributed by atoms with Crippen molar-refractivity contribution in [3.63, 3.8) is 0 Å². The zero-order valence-electron chi connectivity index (χ0n) is 29.3. The van der Waals surface area contributed by atoms with Crippen LogP contribution in [-0.2, 0) is 0 Å². The minimum atomic E-state index is 0.535. The molecule has 0 unspecified atom stereocenters. The van der Waals surface area contributed by atoms with Crippen LogP contribution in [0.25, 0.3) is 93.9 Å². The van der Waals surface area contributed by atoms with Gasteiger partial charge in [-0.2, -0.15) is 0 Å². The Balaban J connectivity index is 1.30. The molecule has 0 fully saturated rings. The molecule has 0 aliphatic rings. The number of rotatable bonds is 5. The van der Waals surface area contributed by atoms with Crippen LogP contribution in [0.4, 0.5) is 17.1 Å². The van der Waals surface area contributed by atoms with Crippen molar-refractivity contribution >= 4 is 93.8 Å². The van der Waals surface area contributed by atoms with Gasteiger partial charge in [0.05, 0.1) is 33.5 Å². The van der Waals surface area contributed by atoms with E-state index in [1.807, 2.05) is 60.7 Å². The first-order chi connectivity index (χ1) is 27.3. The predicted octanol–water partition coefficient (Wildman–Crippen LogP) is 13.9. The molecule has 0 N–H and O–H groups in total. The fourth-order valence-corrected chi connectivity index (χ4v) is 8.47. The first kappa shape index (κ1) is 29.9. The summed E-state index contributed by atoms with van der Waals surface area (Å²) in [4.78, 5) is 7.66. The largest absolute Gasteiger partial charge is 0.456 e. The fraction of sp³-hybridized carbons (Fsp3) is 0. The number of hydrogen-bond donors (Lipinski definition) is 0. The molecule has 6 heteroatoms. The number of aromatic nitrogens is 2. The molecule has 0 spiro atoms. The summed E-state index contributed by atoms with van der Waals surface area (Å²) in [5.41, 5.74) is 11.2. The second kappa shape index (κ2) is 11.5. The van der Waals surface area contributed by atoms with E-state index in [0.29, 0.717) is 22.6 Å². The van der Waals surface area contributed by atoms with Gasteiger partial charge in [-0.25, -0.2) is 4.98 Å². The molecule has 0 atom stereocenters. The van der Waals surface area contributed by atoms with Gasteiger partial charge >= 0.3 is 0 Å². The lowest BCUT2D eigenvalue weighted by molar-refractivity contribution is 0.617. The number of furan rings is 2. The minimum absolute atomic E-state index is 0.535. The smallest absolute Gasteiger partial charge is 0.227 e. The third-order valence-corrected chi connectivity index (χ3v) is 10.8. The van der Waals surface area contributed by atoms with E-state index < -0.39 is 0 Å².